The average Bonchev–Trinajstić information content (AvgIpc) is 2.68. The summed E-state index contributed by atoms with van der Waals surface area (Å²) in [5, 5.41) is 9.22. The van der Waals surface area contributed by atoms with E-state index in [0.29, 0.717) is 11.5 Å². The number of ketones is 1. The molecule has 0 atom stereocenters. The standard InChI is InChI=1S/C24H28O2/c1-3-4-18-5-7-19(8-6-18)20-9-11-21(12-10-20)22-13-15-23(16-14-22)24(26)17(2)25/h9-16,18-19,25H,2-8H2,1H3. The van der Waals surface area contributed by atoms with Gasteiger partial charge in [0, 0.05) is 5.56 Å². The van der Waals surface area contributed by atoms with Gasteiger partial charge in [0.1, 0.15) is 0 Å². The molecule has 0 aliphatic heterocycles. The first-order valence-electron chi connectivity index (χ1n) is 9.71. The molecule has 0 spiro atoms. The van der Waals surface area contributed by atoms with E-state index in [1.165, 1.54) is 44.1 Å². The number of carbonyl (C=O) groups is 1. The van der Waals surface area contributed by atoms with Gasteiger partial charge in [-0.25, -0.2) is 0 Å². The number of carbonyl (C=O) groups excluding carboxylic acids is 1. The minimum Gasteiger partial charge on any atom is -0.505 e. The summed E-state index contributed by atoms with van der Waals surface area (Å²) in [6.45, 7) is 5.57. The van der Waals surface area contributed by atoms with Gasteiger partial charge in [-0.3, -0.25) is 4.79 Å². The first kappa shape index (κ1) is 18.4. The van der Waals surface area contributed by atoms with E-state index >= 15 is 0 Å². The lowest BCUT2D eigenvalue weighted by Gasteiger charge is -2.28. The molecule has 26 heavy (non-hydrogen) atoms. The molecule has 0 aromatic heterocycles. The molecule has 2 nitrogen and oxygen atoms in total. The second kappa shape index (κ2) is 8.35. The Morgan fingerprint density at radius 3 is 2.00 bits per heavy atom. The normalized spacial score (nSPS) is 19.9. The minimum absolute atomic E-state index is 0.421. The highest BCUT2D eigenvalue weighted by Crippen LogP contribution is 2.38. The number of rotatable bonds is 6. The highest BCUT2D eigenvalue weighted by atomic mass is 16.3. The zero-order valence-electron chi connectivity index (χ0n) is 15.6. The van der Waals surface area contributed by atoms with Crippen molar-refractivity contribution in [3.05, 3.63) is 72.0 Å². The van der Waals surface area contributed by atoms with Crippen LogP contribution in [-0.2, 0) is 0 Å². The number of benzene rings is 2. The molecule has 0 bridgehead atoms. The molecule has 1 saturated carbocycles. The molecular weight excluding hydrogens is 320 g/mol. The molecule has 2 heteroatoms. The summed E-state index contributed by atoms with van der Waals surface area (Å²) in [6, 6.07) is 16.2. The molecule has 2 aromatic carbocycles. The van der Waals surface area contributed by atoms with Crippen molar-refractivity contribution in [1.82, 2.24) is 0 Å². The number of aliphatic hydroxyl groups excluding tert-OH is 1. The van der Waals surface area contributed by atoms with Gasteiger partial charge in [-0.2, -0.15) is 0 Å². The van der Waals surface area contributed by atoms with Gasteiger partial charge in [0.2, 0.25) is 5.78 Å². The predicted molar refractivity (Wildman–Crippen MR) is 108 cm³/mol. The van der Waals surface area contributed by atoms with Gasteiger partial charge >= 0.3 is 0 Å². The fourth-order valence-electron chi connectivity index (χ4n) is 4.12. The maximum atomic E-state index is 11.7. The average molecular weight is 348 g/mol. The first-order chi connectivity index (χ1) is 12.6. The van der Waals surface area contributed by atoms with Crippen LogP contribution in [0.5, 0.6) is 0 Å². The second-order valence-corrected chi connectivity index (χ2v) is 7.48. The van der Waals surface area contributed by atoms with Crippen LogP contribution in [0.4, 0.5) is 0 Å². The van der Waals surface area contributed by atoms with Crippen LogP contribution >= 0.6 is 0 Å². The Hall–Kier alpha value is -2.35. The molecule has 1 aliphatic rings. The van der Waals surface area contributed by atoms with E-state index in [1.54, 1.807) is 12.1 Å². The second-order valence-electron chi connectivity index (χ2n) is 7.48. The van der Waals surface area contributed by atoms with Gasteiger partial charge in [0.05, 0.1) is 0 Å². The molecule has 0 saturated heterocycles. The number of hydrogen-bond donors (Lipinski definition) is 1. The van der Waals surface area contributed by atoms with Crippen molar-refractivity contribution < 1.29 is 9.90 Å². The third kappa shape index (κ3) is 4.24. The lowest BCUT2D eigenvalue weighted by Crippen LogP contribution is -2.13. The van der Waals surface area contributed by atoms with Crippen molar-refractivity contribution in [3.63, 3.8) is 0 Å². The Bertz CT molecular complexity index is 748. The first-order valence-corrected chi connectivity index (χ1v) is 9.71. The van der Waals surface area contributed by atoms with Crippen LogP contribution in [0.25, 0.3) is 11.1 Å². The Morgan fingerprint density at radius 1 is 0.962 bits per heavy atom. The molecule has 0 amide bonds. The summed E-state index contributed by atoms with van der Waals surface area (Å²) in [7, 11) is 0. The van der Waals surface area contributed by atoms with Gasteiger partial charge in [0.25, 0.3) is 0 Å². The zero-order chi connectivity index (χ0) is 18.5. The van der Waals surface area contributed by atoms with Gasteiger partial charge in [-0.05, 0) is 54.2 Å². The lowest BCUT2D eigenvalue weighted by molar-refractivity contribution is 0.0979. The summed E-state index contributed by atoms with van der Waals surface area (Å²) in [6.07, 6.45) is 8.05. The summed E-state index contributed by atoms with van der Waals surface area (Å²) in [4.78, 5) is 11.7. The fourth-order valence-corrected chi connectivity index (χ4v) is 4.12. The molecule has 3 rings (SSSR count). The fraction of sp³-hybridized carbons (Fsp3) is 0.375. The van der Waals surface area contributed by atoms with Crippen LogP contribution in [0, 0.1) is 5.92 Å². The van der Waals surface area contributed by atoms with E-state index in [2.05, 4.69) is 37.8 Å². The third-order valence-electron chi connectivity index (χ3n) is 5.67. The molecule has 1 fully saturated rings. The molecule has 2 aromatic rings. The summed E-state index contributed by atoms with van der Waals surface area (Å²) in [5.41, 5.74) is 4.13. The van der Waals surface area contributed by atoms with E-state index in [1.807, 2.05) is 12.1 Å². The number of aliphatic hydroxyl groups is 1. The summed E-state index contributed by atoms with van der Waals surface area (Å²) in [5.74, 6) is 0.792. The quantitative estimate of drug-likeness (QED) is 0.359. The topological polar surface area (TPSA) is 37.3 Å². The van der Waals surface area contributed by atoms with Crippen molar-refractivity contribution in [2.45, 2.75) is 51.4 Å². The van der Waals surface area contributed by atoms with Crippen molar-refractivity contribution >= 4 is 5.78 Å². The van der Waals surface area contributed by atoms with Gasteiger partial charge in [-0.15, -0.1) is 0 Å². The third-order valence-corrected chi connectivity index (χ3v) is 5.67. The van der Waals surface area contributed by atoms with Gasteiger partial charge in [0.15, 0.2) is 5.76 Å². The molecule has 0 unspecified atom stereocenters. The molecule has 1 aliphatic carbocycles. The van der Waals surface area contributed by atoms with Crippen molar-refractivity contribution in [2.75, 3.05) is 0 Å². The van der Waals surface area contributed by atoms with Crippen LogP contribution in [0.2, 0.25) is 0 Å². The van der Waals surface area contributed by atoms with Crippen LogP contribution in [0.3, 0.4) is 0 Å². The maximum absolute atomic E-state index is 11.7. The summed E-state index contributed by atoms with van der Waals surface area (Å²) >= 11 is 0. The lowest BCUT2D eigenvalue weighted by atomic mass is 9.77. The smallest absolute Gasteiger partial charge is 0.226 e. The number of allylic oxidation sites excluding steroid dienone is 1. The summed E-state index contributed by atoms with van der Waals surface area (Å²) < 4.78 is 0. The maximum Gasteiger partial charge on any atom is 0.226 e. The van der Waals surface area contributed by atoms with Crippen LogP contribution in [0.1, 0.15) is 67.3 Å². The van der Waals surface area contributed by atoms with Crippen LogP contribution in [0.15, 0.2) is 60.9 Å². The predicted octanol–water partition coefficient (Wildman–Crippen LogP) is 6.68. The van der Waals surface area contributed by atoms with Crippen molar-refractivity contribution in [3.8, 4) is 11.1 Å². The molecule has 136 valence electrons. The highest BCUT2D eigenvalue weighted by molar-refractivity contribution is 6.06. The van der Waals surface area contributed by atoms with Gasteiger partial charge < -0.3 is 5.11 Å². The number of Topliss-reactive ketones (excluding diaryl/α,β-unsaturated/α-hetero) is 1. The molecular formula is C24H28O2. The minimum atomic E-state index is -0.425. The molecule has 1 N–H and O–H groups in total. The van der Waals surface area contributed by atoms with Gasteiger partial charge in [-0.1, -0.05) is 74.9 Å². The van der Waals surface area contributed by atoms with E-state index in [4.69, 9.17) is 0 Å². The van der Waals surface area contributed by atoms with Crippen LogP contribution in [-0.4, -0.2) is 10.9 Å². The van der Waals surface area contributed by atoms with Crippen molar-refractivity contribution in [2.24, 2.45) is 5.92 Å². The van der Waals surface area contributed by atoms with E-state index in [0.717, 1.165) is 17.0 Å². The molecule has 0 radical (unpaired) electrons. The Morgan fingerprint density at radius 2 is 1.50 bits per heavy atom. The Kier molecular flexibility index (Phi) is 5.92. The number of hydrogen-bond acceptors (Lipinski definition) is 2. The van der Waals surface area contributed by atoms with E-state index < -0.39 is 11.5 Å². The Labute approximate surface area is 156 Å². The highest BCUT2D eigenvalue weighted by Gasteiger charge is 2.21. The van der Waals surface area contributed by atoms with Crippen molar-refractivity contribution in [1.29, 1.82) is 0 Å². The Balaban J connectivity index is 1.66. The SMILES string of the molecule is C=C(O)C(=O)c1ccc(-c2ccc(C3CCC(CCC)CC3)cc2)cc1. The largest absolute Gasteiger partial charge is 0.505 e. The van der Waals surface area contributed by atoms with E-state index in [9.17, 15) is 9.90 Å². The van der Waals surface area contributed by atoms with E-state index in [-0.39, 0.29) is 0 Å². The monoisotopic (exact) mass is 348 g/mol. The zero-order valence-corrected chi connectivity index (χ0v) is 15.6. The molecule has 0 heterocycles. The van der Waals surface area contributed by atoms with Crippen LogP contribution < -0.4 is 0 Å².